The molecule has 168 valence electrons. The third-order valence-electron chi connectivity index (χ3n) is 6.47. The maximum Gasteiger partial charge on any atom is 0.340 e. The fourth-order valence-corrected chi connectivity index (χ4v) is 4.94. The molecular weight excluding hydrogens is 432 g/mol. The fourth-order valence-electron chi connectivity index (χ4n) is 4.73. The van der Waals surface area contributed by atoms with E-state index in [0.29, 0.717) is 22.6 Å². The molecule has 1 aliphatic heterocycles. The van der Waals surface area contributed by atoms with E-state index in [9.17, 15) is 4.79 Å². The van der Waals surface area contributed by atoms with E-state index in [1.807, 2.05) is 37.3 Å². The molecule has 4 nitrogen and oxygen atoms in total. The van der Waals surface area contributed by atoms with Gasteiger partial charge in [0.1, 0.15) is 5.58 Å². The molecule has 4 aromatic rings. The molecule has 0 radical (unpaired) electrons. The molecule has 0 aliphatic carbocycles. The van der Waals surface area contributed by atoms with Crippen molar-refractivity contribution in [3.05, 3.63) is 99.4 Å². The lowest BCUT2D eigenvalue weighted by molar-refractivity contribution is 0.250. The van der Waals surface area contributed by atoms with Gasteiger partial charge in [-0.3, -0.25) is 4.90 Å². The van der Waals surface area contributed by atoms with Crippen molar-refractivity contribution in [2.45, 2.75) is 19.9 Å². The molecule has 1 aromatic heterocycles. The second-order valence-electron chi connectivity index (χ2n) is 8.50. The Morgan fingerprint density at radius 3 is 2.24 bits per heavy atom. The van der Waals surface area contributed by atoms with Gasteiger partial charge < -0.3 is 9.32 Å². The summed E-state index contributed by atoms with van der Waals surface area (Å²) in [5.74, 6) is 0. The average Bonchev–Trinajstić information content (AvgIpc) is 2.85. The Bertz CT molecular complexity index is 1310. The minimum absolute atomic E-state index is 0.287. The number of benzene rings is 3. The van der Waals surface area contributed by atoms with Crippen LogP contribution in [0, 0.1) is 0 Å². The van der Waals surface area contributed by atoms with Crippen LogP contribution in [-0.4, -0.2) is 31.1 Å². The Labute approximate surface area is 199 Å². The van der Waals surface area contributed by atoms with Gasteiger partial charge in [0.25, 0.3) is 0 Å². The maximum atomic E-state index is 12.7. The number of hydrogen-bond acceptors (Lipinski definition) is 4. The zero-order valence-electron chi connectivity index (χ0n) is 18.8. The van der Waals surface area contributed by atoms with Gasteiger partial charge in [-0.15, -0.1) is 0 Å². The second-order valence-corrected chi connectivity index (χ2v) is 8.91. The quantitative estimate of drug-likeness (QED) is 0.344. The molecule has 1 saturated heterocycles. The third kappa shape index (κ3) is 4.41. The zero-order chi connectivity index (χ0) is 22.8. The van der Waals surface area contributed by atoms with Crippen molar-refractivity contribution in [2.24, 2.45) is 0 Å². The molecule has 0 saturated carbocycles. The van der Waals surface area contributed by atoms with E-state index in [2.05, 4.69) is 46.2 Å². The SMILES string of the molecule is CCc1c(-c2ccccc2)c2cc(CN3CCN(c4ccccc4)CC3)c(Cl)cc2oc1=O. The molecule has 0 bridgehead atoms. The standard InChI is InChI=1S/C28H27ClN2O2/c1-2-23-27(20-9-5-3-6-10-20)24-17-21(25(29)18-26(24)33-28(23)32)19-30-13-15-31(16-14-30)22-11-7-4-8-12-22/h3-12,17-18H,2,13-16,19H2,1H3. The zero-order valence-corrected chi connectivity index (χ0v) is 19.5. The molecule has 2 heterocycles. The van der Waals surface area contributed by atoms with Crippen molar-refractivity contribution < 1.29 is 4.42 Å². The van der Waals surface area contributed by atoms with Crippen molar-refractivity contribution >= 4 is 28.3 Å². The highest BCUT2D eigenvalue weighted by Gasteiger charge is 2.20. The van der Waals surface area contributed by atoms with Crippen LogP contribution in [0.1, 0.15) is 18.1 Å². The molecule has 33 heavy (non-hydrogen) atoms. The van der Waals surface area contributed by atoms with Gasteiger partial charge in [-0.2, -0.15) is 0 Å². The number of para-hydroxylation sites is 1. The summed E-state index contributed by atoms with van der Waals surface area (Å²) in [5, 5.41) is 1.58. The molecule has 0 atom stereocenters. The molecule has 1 aliphatic rings. The van der Waals surface area contributed by atoms with E-state index in [4.69, 9.17) is 16.0 Å². The summed E-state index contributed by atoms with van der Waals surface area (Å²) in [7, 11) is 0. The van der Waals surface area contributed by atoms with E-state index in [1.54, 1.807) is 6.07 Å². The molecule has 5 heteroatoms. The van der Waals surface area contributed by atoms with Crippen LogP contribution >= 0.6 is 11.6 Å². The molecule has 0 spiro atoms. The summed E-state index contributed by atoms with van der Waals surface area (Å²) in [6.07, 6.45) is 0.613. The van der Waals surface area contributed by atoms with Gasteiger partial charge in [-0.05, 0) is 35.7 Å². The first kappa shape index (κ1) is 21.7. The van der Waals surface area contributed by atoms with Crippen LogP contribution in [0.3, 0.4) is 0 Å². The topological polar surface area (TPSA) is 36.7 Å². The first-order valence-corrected chi connectivity index (χ1v) is 11.9. The monoisotopic (exact) mass is 458 g/mol. The van der Waals surface area contributed by atoms with Crippen LogP contribution in [-0.2, 0) is 13.0 Å². The summed E-state index contributed by atoms with van der Waals surface area (Å²) in [6.45, 7) is 6.68. The van der Waals surface area contributed by atoms with Crippen LogP contribution in [0.15, 0.2) is 82.0 Å². The van der Waals surface area contributed by atoms with E-state index in [1.165, 1.54) is 5.69 Å². The first-order chi connectivity index (χ1) is 16.1. The van der Waals surface area contributed by atoms with Crippen molar-refractivity contribution in [3.8, 4) is 11.1 Å². The Morgan fingerprint density at radius 1 is 0.909 bits per heavy atom. The van der Waals surface area contributed by atoms with E-state index >= 15 is 0 Å². The lowest BCUT2D eigenvalue weighted by Gasteiger charge is -2.36. The van der Waals surface area contributed by atoms with Gasteiger partial charge in [0.05, 0.1) is 0 Å². The number of halogens is 1. The highest BCUT2D eigenvalue weighted by Crippen LogP contribution is 2.34. The number of hydrogen-bond donors (Lipinski definition) is 0. The molecule has 5 rings (SSSR count). The van der Waals surface area contributed by atoms with Gasteiger partial charge >= 0.3 is 5.63 Å². The van der Waals surface area contributed by atoms with Crippen LogP contribution in [0.5, 0.6) is 0 Å². The number of rotatable bonds is 5. The summed E-state index contributed by atoms with van der Waals surface area (Å²) < 4.78 is 5.67. The molecule has 0 amide bonds. The van der Waals surface area contributed by atoms with Crippen LogP contribution in [0.25, 0.3) is 22.1 Å². The summed E-state index contributed by atoms with van der Waals surface area (Å²) in [4.78, 5) is 17.6. The van der Waals surface area contributed by atoms with Crippen molar-refractivity contribution in [1.82, 2.24) is 4.90 Å². The van der Waals surface area contributed by atoms with Gasteiger partial charge in [0.2, 0.25) is 0 Å². The predicted octanol–water partition coefficient (Wildman–Crippen LogP) is 6.00. The summed E-state index contributed by atoms with van der Waals surface area (Å²) >= 11 is 6.67. The second kappa shape index (κ2) is 9.42. The minimum atomic E-state index is -0.287. The first-order valence-electron chi connectivity index (χ1n) is 11.5. The lowest BCUT2D eigenvalue weighted by Crippen LogP contribution is -2.46. The van der Waals surface area contributed by atoms with Crippen molar-refractivity contribution in [3.63, 3.8) is 0 Å². The van der Waals surface area contributed by atoms with Crippen LogP contribution < -0.4 is 10.5 Å². The van der Waals surface area contributed by atoms with Crippen LogP contribution in [0.4, 0.5) is 5.69 Å². The minimum Gasteiger partial charge on any atom is -0.422 e. The Morgan fingerprint density at radius 2 is 1.58 bits per heavy atom. The normalized spacial score (nSPS) is 14.7. The molecular formula is C28H27ClN2O2. The lowest BCUT2D eigenvalue weighted by atomic mass is 9.95. The molecule has 3 aromatic carbocycles. The van der Waals surface area contributed by atoms with E-state index < -0.39 is 0 Å². The van der Waals surface area contributed by atoms with Gasteiger partial charge in [-0.25, -0.2) is 4.79 Å². The Balaban J connectivity index is 1.47. The number of fused-ring (bicyclic) bond motifs is 1. The highest BCUT2D eigenvalue weighted by molar-refractivity contribution is 6.32. The number of nitrogens with zero attached hydrogens (tertiary/aromatic N) is 2. The van der Waals surface area contributed by atoms with Crippen molar-refractivity contribution in [2.75, 3.05) is 31.1 Å². The fraction of sp³-hybridized carbons (Fsp3) is 0.250. The maximum absolute atomic E-state index is 12.7. The molecule has 0 N–H and O–H groups in total. The van der Waals surface area contributed by atoms with Gasteiger partial charge in [-0.1, -0.05) is 67.1 Å². The smallest absolute Gasteiger partial charge is 0.340 e. The van der Waals surface area contributed by atoms with E-state index in [0.717, 1.165) is 54.8 Å². The summed E-state index contributed by atoms with van der Waals surface area (Å²) in [5.41, 5.74) is 5.27. The van der Waals surface area contributed by atoms with E-state index in [-0.39, 0.29) is 5.63 Å². The molecule has 0 unspecified atom stereocenters. The number of piperazine rings is 1. The van der Waals surface area contributed by atoms with Gasteiger partial charge in [0, 0.05) is 66.0 Å². The van der Waals surface area contributed by atoms with Crippen LogP contribution in [0.2, 0.25) is 5.02 Å². The van der Waals surface area contributed by atoms with Crippen molar-refractivity contribution in [1.29, 1.82) is 0 Å². The number of anilines is 1. The average molecular weight is 459 g/mol. The van der Waals surface area contributed by atoms with Gasteiger partial charge in [0.15, 0.2) is 0 Å². The Hall–Kier alpha value is -3.08. The third-order valence-corrected chi connectivity index (χ3v) is 6.82. The Kier molecular flexibility index (Phi) is 6.21. The summed E-state index contributed by atoms with van der Waals surface area (Å²) in [6, 6.07) is 24.6. The molecule has 1 fully saturated rings. The largest absolute Gasteiger partial charge is 0.422 e. The predicted molar refractivity (Wildman–Crippen MR) is 136 cm³/mol. The highest BCUT2D eigenvalue weighted by atomic mass is 35.5.